The molecule has 112 valence electrons. The number of benzene rings is 1. The molecule has 1 aromatic rings. The Morgan fingerprint density at radius 2 is 1.85 bits per heavy atom. The predicted molar refractivity (Wildman–Crippen MR) is 75.4 cm³/mol. The molecule has 20 heavy (non-hydrogen) atoms. The van der Waals surface area contributed by atoms with Crippen LogP contribution in [0.5, 0.6) is 11.5 Å². The maximum absolute atomic E-state index is 11.3. The van der Waals surface area contributed by atoms with E-state index in [0.717, 1.165) is 11.1 Å². The van der Waals surface area contributed by atoms with Crippen LogP contribution in [-0.4, -0.2) is 32.4 Å². The summed E-state index contributed by atoms with van der Waals surface area (Å²) in [6, 6.07) is 3.67. The van der Waals surface area contributed by atoms with Gasteiger partial charge in [-0.3, -0.25) is 4.79 Å². The van der Waals surface area contributed by atoms with E-state index in [0.29, 0.717) is 24.5 Å². The van der Waals surface area contributed by atoms with Gasteiger partial charge in [-0.25, -0.2) is 0 Å². The molecular weight excluding hydrogens is 260 g/mol. The van der Waals surface area contributed by atoms with E-state index in [4.69, 9.17) is 14.2 Å². The molecule has 0 spiro atoms. The van der Waals surface area contributed by atoms with Gasteiger partial charge in [0.05, 0.1) is 26.2 Å². The summed E-state index contributed by atoms with van der Waals surface area (Å²) in [7, 11) is 4.72. The largest absolute Gasteiger partial charge is 0.496 e. The van der Waals surface area contributed by atoms with Crippen LogP contribution in [0, 0.1) is 5.41 Å². The Bertz CT molecular complexity index is 479. The maximum atomic E-state index is 11.3. The normalized spacial score (nSPS) is 11.2. The first-order valence-electron chi connectivity index (χ1n) is 6.32. The molecule has 0 fully saturated rings. The van der Waals surface area contributed by atoms with Crippen LogP contribution in [0.4, 0.5) is 0 Å². The standard InChI is InChI=1S/C15H22O5/c1-15(2,14(16)17)8-11-12(19-4)7-6-10(9-18-3)13(11)20-5/h6-7H,8-9H2,1-5H3,(H,16,17). The summed E-state index contributed by atoms with van der Waals surface area (Å²) in [5.74, 6) is 0.385. The van der Waals surface area contributed by atoms with E-state index in [1.807, 2.05) is 12.1 Å². The summed E-state index contributed by atoms with van der Waals surface area (Å²) in [6.45, 7) is 3.75. The van der Waals surface area contributed by atoms with E-state index >= 15 is 0 Å². The van der Waals surface area contributed by atoms with Crippen molar-refractivity contribution >= 4 is 5.97 Å². The van der Waals surface area contributed by atoms with Gasteiger partial charge in [0.1, 0.15) is 11.5 Å². The number of rotatable bonds is 7. The third-order valence-electron chi connectivity index (χ3n) is 3.22. The number of methoxy groups -OCH3 is 3. The summed E-state index contributed by atoms with van der Waals surface area (Å²) in [5.41, 5.74) is 0.704. The van der Waals surface area contributed by atoms with Crippen LogP contribution in [0.3, 0.4) is 0 Å². The highest BCUT2D eigenvalue weighted by atomic mass is 16.5. The maximum Gasteiger partial charge on any atom is 0.309 e. The molecule has 0 amide bonds. The van der Waals surface area contributed by atoms with Crippen LogP contribution in [0.1, 0.15) is 25.0 Å². The molecule has 0 aliphatic carbocycles. The van der Waals surface area contributed by atoms with E-state index < -0.39 is 11.4 Å². The Morgan fingerprint density at radius 1 is 1.20 bits per heavy atom. The quantitative estimate of drug-likeness (QED) is 0.832. The van der Waals surface area contributed by atoms with Crippen molar-refractivity contribution in [2.75, 3.05) is 21.3 Å². The fourth-order valence-corrected chi connectivity index (χ4v) is 2.06. The molecule has 0 bridgehead atoms. The first-order chi connectivity index (χ1) is 9.37. The van der Waals surface area contributed by atoms with Crippen molar-refractivity contribution in [3.8, 4) is 11.5 Å². The molecule has 0 aliphatic rings. The zero-order chi connectivity index (χ0) is 15.3. The number of hydrogen-bond donors (Lipinski definition) is 1. The molecule has 5 nitrogen and oxygen atoms in total. The number of carboxylic acids is 1. The van der Waals surface area contributed by atoms with Crippen LogP contribution >= 0.6 is 0 Å². The van der Waals surface area contributed by atoms with Crippen molar-refractivity contribution in [3.05, 3.63) is 23.3 Å². The van der Waals surface area contributed by atoms with Crippen molar-refractivity contribution in [2.45, 2.75) is 26.9 Å². The minimum Gasteiger partial charge on any atom is -0.496 e. The molecule has 0 unspecified atom stereocenters. The first-order valence-corrected chi connectivity index (χ1v) is 6.32. The Kier molecular flexibility index (Phi) is 5.39. The molecular formula is C15H22O5. The third kappa shape index (κ3) is 3.42. The van der Waals surface area contributed by atoms with E-state index in [2.05, 4.69) is 0 Å². The average molecular weight is 282 g/mol. The van der Waals surface area contributed by atoms with Gasteiger partial charge in [-0.05, 0) is 32.4 Å². The number of carboxylic acid groups (broad SMARTS) is 1. The lowest BCUT2D eigenvalue weighted by atomic mass is 9.84. The van der Waals surface area contributed by atoms with Gasteiger partial charge in [0, 0.05) is 18.2 Å². The molecule has 1 aromatic carbocycles. The summed E-state index contributed by atoms with van der Waals surface area (Å²) in [6.07, 6.45) is 0.312. The van der Waals surface area contributed by atoms with E-state index in [1.165, 1.54) is 0 Å². The number of ether oxygens (including phenoxy) is 3. The van der Waals surface area contributed by atoms with Gasteiger partial charge >= 0.3 is 5.97 Å². The van der Waals surface area contributed by atoms with Crippen molar-refractivity contribution in [3.63, 3.8) is 0 Å². The topological polar surface area (TPSA) is 65.0 Å². The van der Waals surface area contributed by atoms with Gasteiger partial charge in [-0.2, -0.15) is 0 Å². The highest BCUT2D eigenvalue weighted by molar-refractivity contribution is 5.74. The number of aliphatic carboxylic acids is 1. The molecule has 1 N–H and O–H groups in total. The second kappa shape index (κ2) is 6.61. The Hall–Kier alpha value is -1.75. The molecule has 0 atom stereocenters. The van der Waals surface area contributed by atoms with Gasteiger partial charge in [-0.15, -0.1) is 0 Å². The predicted octanol–water partition coefficient (Wildman–Crippen LogP) is 2.50. The average Bonchev–Trinajstić information content (AvgIpc) is 2.39. The highest BCUT2D eigenvalue weighted by Gasteiger charge is 2.31. The molecule has 5 heteroatoms. The minimum atomic E-state index is -0.910. The zero-order valence-electron chi connectivity index (χ0n) is 12.6. The van der Waals surface area contributed by atoms with Crippen LogP contribution in [0.25, 0.3) is 0 Å². The van der Waals surface area contributed by atoms with Gasteiger partial charge in [0.25, 0.3) is 0 Å². The Labute approximate surface area is 119 Å². The fourth-order valence-electron chi connectivity index (χ4n) is 2.06. The van der Waals surface area contributed by atoms with Crippen molar-refractivity contribution < 1.29 is 24.1 Å². The number of carbonyl (C=O) groups is 1. The third-order valence-corrected chi connectivity index (χ3v) is 3.22. The van der Waals surface area contributed by atoms with Gasteiger partial charge < -0.3 is 19.3 Å². The first kappa shape index (κ1) is 16.3. The van der Waals surface area contributed by atoms with Crippen LogP contribution in [0.2, 0.25) is 0 Å². The Balaban J connectivity index is 3.33. The lowest BCUT2D eigenvalue weighted by Crippen LogP contribution is -2.26. The summed E-state index contributed by atoms with van der Waals surface area (Å²) >= 11 is 0. The van der Waals surface area contributed by atoms with Crippen molar-refractivity contribution in [1.82, 2.24) is 0 Å². The fraction of sp³-hybridized carbons (Fsp3) is 0.533. The molecule has 0 saturated heterocycles. The highest BCUT2D eigenvalue weighted by Crippen LogP contribution is 2.37. The molecule has 0 saturated carbocycles. The van der Waals surface area contributed by atoms with Crippen LogP contribution in [0.15, 0.2) is 12.1 Å². The lowest BCUT2D eigenvalue weighted by molar-refractivity contribution is -0.146. The summed E-state index contributed by atoms with van der Waals surface area (Å²) in [4.78, 5) is 11.3. The van der Waals surface area contributed by atoms with E-state index in [9.17, 15) is 9.90 Å². The van der Waals surface area contributed by atoms with Crippen LogP contribution < -0.4 is 9.47 Å². The van der Waals surface area contributed by atoms with Crippen molar-refractivity contribution in [2.24, 2.45) is 5.41 Å². The summed E-state index contributed by atoms with van der Waals surface area (Å²) < 4.78 is 15.9. The summed E-state index contributed by atoms with van der Waals surface area (Å²) in [5, 5.41) is 9.30. The zero-order valence-corrected chi connectivity index (χ0v) is 12.6. The molecule has 1 rings (SSSR count). The molecule has 0 aliphatic heterocycles. The monoisotopic (exact) mass is 282 g/mol. The van der Waals surface area contributed by atoms with Gasteiger partial charge in [0.15, 0.2) is 0 Å². The lowest BCUT2D eigenvalue weighted by Gasteiger charge is -2.23. The SMILES string of the molecule is COCc1ccc(OC)c(CC(C)(C)C(=O)O)c1OC. The molecule has 0 radical (unpaired) electrons. The van der Waals surface area contributed by atoms with Gasteiger partial charge in [-0.1, -0.05) is 0 Å². The second-order valence-corrected chi connectivity index (χ2v) is 5.24. The Morgan fingerprint density at radius 3 is 2.30 bits per heavy atom. The number of hydrogen-bond acceptors (Lipinski definition) is 4. The minimum absolute atomic E-state index is 0.312. The molecule has 0 aromatic heterocycles. The molecule has 0 heterocycles. The van der Waals surface area contributed by atoms with E-state index in [1.54, 1.807) is 35.2 Å². The van der Waals surface area contributed by atoms with Crippen LogP contribution in [-0.2, 0) is 22.6 Å². The van der Waals surface area contributed by atoms with Crippen molar-refractivity contribution in [1.29, 1.82) is 0 Å². The van der Waals surface area contributed by atoms with Gasteiger partial charge in [0.2, 0.25) is 0 Å². The second-order valence-electron chi connectivity index (χ2n) is 5.24. The smallest absolute Gasteiger partial charge is 0.309 e. The van der Waals surface area contributed by atoms with E-state index in [-0.39, 0.29) is 0 Å².